The summed E-state index contributed by atoms with van der Waals surface area (Å²) in [5.74, 6) is 0.194. The van der Waals surface area contributed by atoms with E-state index in [0.29, 0.717) is 6.42 Å². The van der Waals surface area contributed by atoms with Gasteiger partial charge in [0.05, 0.1) is 0 Å². The molecule has 0 aliphatic heterocycles. The topological polar surface area (TPSA) is 20.3 Å². The van der Waals surface area contributed by atoms with Crippen LogP contribution in [0.1, 0.15) is 23.7 Å². The molecule has 3 aromatic rings. The quantitative estimate of drug-likeness (QED) is 0.513. The highest BCUT2D eigenvalue weighted by Crippen LogP contribution is 2.27. The van der Waals surface area contributed by atoms with Gasteiger partial charge in [0.2, 0.25) is 0 Å². The molecule has 0 aliphatic rings. The summed E-state index contributed by atoms with van der Waals surface area (Å²) in [5.41, 5.74) is 1.99. The van der Waals surface area contributed by atoms with E-state index in [1.54, 1.807) is 0 Å². The zero-order chi connectivity index (χ0) is 15.0. The molecule has 21 heavy (non-hydrogen) atoms. The Morgan fingerprint density at radius 3 is 2.10 bits per heavy atom. The van der Waals surface area contributed by atoms with Crippen molar-refractivity contribution >= 4 is 33.0 Å². The SMILES string of the molecule is CCC(=O)c1ccc2cc3cc(N(C)C)ccc3cc2c1. The number of hydrogen-bond acceptors (Lipinski definition) is 2. The van der Waals surface area contributed by atoms with E-state index in [-0.39, 0.29) is 5.78 Å². The van der Waals surface area contributed by atoms with E-state index in [1.807, 2.05) is 39.2 Å². The maximum absolute atomic E-state index is 11.8. The fraction of sp³-hybridized carbons (Fsp3) is 0.211. The predicted molar refractivity (Wildman–Crippen MR) is 90.4 cm³/mol. The molecule has 2 nitrogen and oxygen atoms in total. The second-order valence-corrected chi connectivity index (χ2v) is 5.62. The van der Waals surface area contributed by atoms with Crippen LogP contribution in [0.15, 0.2) is 48.5 Å². The zero-order valence-corrected chi connectivity index (χ0v) is 12.7. The molecule has 0 bridgehead atoms. The molecule has 0 aromatic heterocycles. The number of Topliss-reactive ketones (excluding diaryl/α,β-unsaturated/α-hetero) is 1. The van der Waals surface area contributed by atoms with Gasteiger partial charge in [0.15, 0.2) is 5.78 Å². The second-order valence-electron chi connectivity index (χ2n) is 5.62. The van der Waals surface area contributed by atoms with Gasteiger partial charge in [-0.1, -0.05) is 25.1 Å². The highest BCUT2D eigenvalue weighted by molar-refractivity contribution is 6.04. The summed E-state index contributed by atoms with van der Waals surface area (Å²) >= 11 is 0. The van der Waals surface area contributed by atoms with Crippen molar-refractivity contribution in [2.45, 2.75) is 13.3 Å². The van der Waals surface area contributed by atoms with Crippen molar-refractivity contribution in [3.63, 3.8) is 0 Å². The number of hydrogen-bond donors (Lipinski definition) is 0. The van der Waals surface area contributed by atoms with E-state index in [2.05, 4.69) is 35.2 Å². The highest BCUT2D eigenvalue weighted by Gasteiger charge is 2.06. The Kier molecular flexibility index (Phi) is 3.38. The van der Waals surface area contributed by atoms with E-state index in [4.69, 9.17) is 0 Å². The van der Waals surface area contributed by atoms with Gasteiger partial charge >= 0.3 is 0 Å². The van der Waals surface area contributed by atoms with Crippen molar-refractivity contribution in [1.29, 1.82) is 0 Å². The van der Waals surface area contributed by atoms with Crippen LogP contribution < -0.4 is 4.90 Å². The van der Waals surface area contributed by atoms with Crippen molar-refractivity contribution in [2.24, 2.45) is 0 Å². The molecule has 0 saturated carbocycles. The van der Waals surface area contributed by atoms with Gasteiger partial charge in [0, 0.05) is 31.8 Å². The summed E-state index contributed by atoms with van der Waals surface area (Å²) in [6.07, 6.45) is 0.547. The molecule has 0 unspecified atom stereocenters. The molecule has 0 N–H and O–H groups in total. The van der Waals surface area contributed by atoms with Gasteiger partial charge in [0.25, 0.3) is 0 Å². The Labute approximate surface area is 125 Å². The third-order valence-electron chi connectivity index (χ3n) is 3.94. The minimum atomic E-state index is 0.194. The number of carbonyl (C=O) groups is 1. The Hall–Kier alpha value is -2.35. The number of rotatable bonds is 3. The standard InChI is InChI=1S/C19H19NO/c1-4-19(21)15-6-5-13-10-17-12-18(20(2)3)8-7-14(17)9-16(13)11-15/h5-12H,4H2,1-3H3. The number of nitrogens with zero attached hydrogens (tertiary/aromatic N) is 1. The molecule has 0 saturated heterocycles. The number of benzene rings is 3. The first kappa shape index (κ1) is 13.6. The molecule has 0 atom stereocenters. The van der Waals surface area contributed by atoms with Crippen LogP contribution in [0.4, 0.5) is 5.69 Å². The van der Waals surface area contributed by atoms with Gasteiger partial charge in [-0.3, -0.25) is 4.79 Å². The van der Waals surface area contributed by atoms with Crippen LogP contribution in [0.3, 0.4) is 0 Å². The highest BCUT2D eigenvalue weighted by atomic mass is 16.1. The molecule has 0 heterocycles. The van der Waals surface area contributed by atoms with Crippen LogP contribution >= 0.6 is 0 Å². The van der Waals surface area contributed by atoms with Crippen LogP contribution in [-0.4, -0.2) is 19.9 Å². The first-order chi connectivity index (χ1) is 10.1. The van der Waals surface area contributed by atoms with E-state index >= 15 is 0 Å². The van der Waals surface area contributed by atoms with Crippen molar-refractivity contribution < 1.29 is 4.79 Å². The summed E-state index contributed by atoms with van der Waals surface area (Å²) < 4.78 is 0. The lowest BCUT2D eigenvalue weighted by molar-refractivity contribution is 0.0988. The summed E-state index contributed by atoms with van der Waals surface area (Å²) in [4.78, 5) is 13.9. The number of carbonyl (C=O) groups excluding carboxylic acids is 1. The van der Waals surface area contributed by atoms with Crippen LogP contribution in [0.25, 0.3) is 21.5 Å². The molecule has 106 valence electrons. The Morgan fingerprint density at radius 2 is 1.48 bits per heavy atom. The smallest absolute Gasteiger partial charge is 0.162 e. The summed E-state index contributed by atoms with van der Waals surface area (Å²) in [6, 6.07) is 16.8. The predicted octanol–water partition coefficient (Wildman–Crippen LogP) is 4.65. The molecule has 0 aliphatic carbocycles. The van der Waals surface area contributed by atoms with Crippen LogP contribution in [-0.2, 0) is 0 Å². The van der Waals surface area contributed by atoms with Crippen LogP contribution in [0, 0.1) is 0 Å². The Balaban J connectivity index is 2.19. The van der Waals surface area contributed by atoms with Gasteiger partial charge in [-0.25, -0.2) is 0 Å². The monoisotopic (exact) mass is 277 g/mol. The van der Waals surface area contributed by atoms with E-state index in [0.717, 1.165) is 10.9 Å². The van der Waals surface area contributed by atoms with E-state index in [9.17, 15) is 4.79 Å². The molecule has 3 aromatic carbocycles. The average molecular weight is 277 g/mol. The van der Waals surface area contributed by atoms with E-state index < -0.39 is 0 Å². The van der Waals surface area contributed by atoms with Crippen molar-refractivity contribution in [1.82, 2.24) is 0 Å². The third-order valence-corrected chi connectivity index (χ3v) is 3.94. The lowest BCUT2D eigenvalue weighted by Crippen LogP contribution is -2.07. The van der Waals surface area contributed by atoms with Crippen molar-refractivity contribution in [3.05, 3.63) is 54.1 Å². The molecule has 2 heteroatoms. The molecule has 0 spiro atoms. The average Bonchev–Trinajstić information content (AvgIpc) is 2.50. The summed E-state index contributed by atoms with van der Waals surface area (Å²) in [5, 5.41) is 4.72. The minimum Gasteiger partial charge on any atom is -0.378 e. The molecule has 0 amide bonds. The summed E-state index contributed by atoms with van der Waals surface area (Å²) in [7, 11) is 4.09. The fourth-order valence-corrected chi connectivity index (χ4v) is 2.64. The molecule has 0 fully saturated rings. The lowest BCUT2D eigenvalue weighted by atomic mass is 9.99. The van der Waals surface area contributed by atoms with Gasteiger partial charge in [-0.05, 0) is 51.9 Å². The summed E-state index contributed by atoms with van der Waals surface area (Å²) in [6.45, 7) is 1.90. The molecule has 3 rings (SSSR count). The fourth-order valence-electron chi connectivity index (χ4n) is 2.64. The first-order valence-electron chi connectivity index (χ1n) is 7.26. The van der Waals surface area contributed by atoms with Gasteiger partial charge in [-0.2, -0.15) is 0 Å². The van der Waals surface area contributed by atoms with E-state index in [1.165, 1.54) is 21.8 Å². The van der Waals surface area contributed by atoms with Gasteiger partial charge in [0.1, 0.15) is 0 Å². The Bertz CT molecular complexity index is 833. The third kappa shape index (κ3) is 2.49. The minimum absolute atomic E-state index is 0.194. The molecular formula is C19H19NO. The van der Waals surface area contributed by atoms with Crippen molar-refractivity contribution in [2.75, 3.05) is 19.0 Å². The van der Waals surface area contributed by atoms with Gasteiger partial charge in [-0.15, -0.1) is 0 Å². The first-order valence-corrected chi connectivity index (χ1v) is 7.26. The normalized spacial score (nSPS) is 11.0. The van der Waals surface area contributed by atoms with Crippen molar-refractivity contribution in [3.8, 4) is 0 Å². The van der Waals surface area contributed by atoms with Crippen LogP contribution in [0.2, 0.25) is 0 Å². The second kappa shape index (κ2) is 5.21. The molecule has 0 radical (unpaired) electrons. The maximum Gasteiger partial charge on any atom is 0.162 e. The number of ketones is 1. The van der Waals surface area contributed by atoms with Gasteiger partial charge < -0.3 is 4.90 Å². The molecular weight excluding hydrogens is 258 g/mol. The zero-order valence-electron chi connectivity index (χ0n) is 12.7. The number of anilines is 1. The largest absolute Gasteiger partial charge is 0.378 e. The maximum atomic E-state index is 11.8. The Morgan fingerprint density at radius 1 is 0.857 bits per heavy atom. The number of fused-ring (bicyclic) bond motifs is 2. The lowest BCUT2D eigenvalue weighted by Gasteiger charge is -2.13. The van der Waals surface area contributed by atoms with Crippen LogP contribution in [0.5, 0.6) is 0 Å².